The van der Waals surface area contributed by atoms with Gasteiger partial charge in [-0.1, -0.05) is 19.1 Å². The Kier molecular flexibility index (Phi) is 6.43. The largest absolute Gasteiger partial charge is 0.351 e. The highest BCUT2D eigenvalue weighted by molar-refractivity contribution is 6.09. The Morgan fingerprint density at radius 3 is 2.63 bits per heavy atom. The standard InChI is InChI=1S/C18H23FN4O3.ClH/c1-11-9-20-8-7-14(11)21-15(24)10-23-16(25)18(2,22-17(23)26)12-3-5-13(19)6-4-12;/h3-6,11,14,20H,7-10H2,1-2H3,(H,21,24)(H,22,26);1H. The van der Waals surface area contributed by atoms with Crippen LogP contribution in [0.2, 0.25) is 0 Å². The number of carbonyl (C=O) groups is 3. The summed E-state index contributed by atoms with van der Waals surface area (Å²) in [5.41, 5.74) is -0.847. The summed E-state index contributed by atoms with van der Waals surface area (Å²) in [6, 6.07) is 4.76. The maximum atomic E-state index is 13.1. The molecule has 0 spiro atoms. The molecule has 9 heteroatoms. The smallest absolute Gasteiger partial charge is 0.325 e. The molecule has 1 aromatic rings. The van der Waals surface area contributed by atoms with Gasteiger partial charge in [-0.15, -0.1) is 12.4 Å². The summed E-state index contributed by atoms with van der Waals surface area (Å²) in [6.45, 7) is 4.89. The fourth-order valence-corrected chi connectivity index (χ4v) is 3.44. The third-order valence-electron chi connectivity index (χ3n) is 5.13. The summed E-state index contributed by atoms with van der Waals surface area (Å²) in [5.74, 6) is -1.04. The van der Waals surface area contributed by atoms with Crippen LogP contribution in [0.3, 0.4) is 0 Å². The van der Waals surface area contributed by atoms with E-state index < -0.39 is 23.3 Å². The van der Waals surface area contributed by atoms with Crippen LogP contribution in [0.5, 0.6) is 0 Å². The Bertz CT molecular complexity index is 730. The molecule has 27 heavy (non-hydrogen) atoms. The second-order valence-corrected chi connectivity index (χ2v) is 7.10. The number of imide groups is 1. The Balaban J connectivity index is 0.00000261. The van der Waals surface area contributed by atoms with Gasteiger partial charge in [-0.05, 0) is 50.0 Å². The molecule has 148 valence electrons. The molecule has 2 fully saturated rings. The van der Waals surface area contributed by atoms with Gasteiger partial charge in [0.1, 0.15) is 17.9 Å². The third-order valence-corrected chi connectivity index (χ3v) is 5.13. The molecule has 0 radical (unpaired) electrons. The maximum Gasteiger partial charge on any atom is 0.325 e. The van der Waals surface area contributed by atoms with Gasteiger partial charge in [0.15, 0.2) is 0 Å². The minimum Gasteiger partial charge on any atom is -0.351 e. The number of nitrogens with one attached hydrogen (secondary N) is 3. The first-order chi connectivity index (χ1) is 12.3. The van der Waals surface area contributed by atoms with E-state index >= 15 is 0 Å². The first-order valence-corrected chi connectivity index (χ1v) is 8.71. The number of hydrogen-bond acceptors (Lipinski definition) is 4. The normalized spacial score (nSPS) is 27.7. The zero-order chi connectivity index (χ0) is 18.9. The fourth-order valence-electron chi connectivity index (χ4n) is 3.44. The summed E-state index contributed by atoms with van der Waals surface area (Å²) >= 11 is 0. The maximum absolute atomic E-state index is 13.1. The Labute approximate surface area is 163 Å². The molecule has 7 nitrogen and oxygen atoms in total. The summed E-state index contributed by atoms with van der Waals surface area (Å²) < 4.78 is 13.1. The van der Waals surface area contributed by atoms with E-state index in [0.29, 0.717) is 5.56 Å². The Morgan fingerprint density at radius 1 is 1.33 bits per heavy atom. The molecule has 3 unspecified atom stereocenters. The van der Waals surface area contributed by atoms with Gasteiger partial charge in [0.25, 0.3) is 5.91 Å². The molecule has 1 aromatic carbocycles. The lowest BCUT2D eigenvalue weighted by Crippen LogP contribution is -2.51. The number of benzene rings is 1. The van der Waals surface area contributed by atoms with Gasteiger partial charge in [-0.2, -0.15) is 0 Å². The molecule has 3 atom stereocenters. The number of nitrogens with zero attached hydrogens (tertiary/aromatic N) is 1. The Hall–Kier alpha value is -2.19. The van der Waals surface area contributed by atoms with Gasteiger partial charge in [-0.25, -0.2) is 9.18 Å². The first-order valence-electron chi connectivity index (χ1n) is 8.71. The molecule has 3 rings (SSSR count). The van der Waals surface area contributed by atoms with Crippen LogP contribution in [0.15, 0.2) is 24.3 Å². The number of halogens is 2. The second kappa shape index (κ2) is 8.22. The van der Waals surface area contributed by atoms with Crippen LogP contribution in [-0.4, -0.2) is 48.4 Å². The molecular formula is C18H24ClFN4O3. The summed E-state index contributed by atoms with van der Waals surface area (Å²) in [5, 5.41) is 8.77. The highest BCUT2D eigenvalue weighted by Gasteiger charge is 2.49. The summed E-state index contributed by atoms with van der Waals surface area (Å²) in [6.07, 6.45) is 0.806. The molecule has 0 bridgehead atoms. The van der Waals surface area contributed by atoms with Crippen LogP contribution < -0.4 is 16.0 Å². The predicted octanol–water partition coefficient (Wildman–Crippen LogP) is 1.13. The van der Waals surface area contributed by atoms with E-state index in [2.05, 4.69) is 16.0 Å². The SMILES string of the molecule is CC1CNCCC1NC(=O)CN1C(=O)NC(C)(c2ccc(F)cc2)C1=O.Cl. The topological polar surface area (TPSA) is 90.5 Å². The van der Waals surface area contributed by atoms with E-state index in [-0.39, 0.29) is 36.8 Å². The molecule has 4 amide bonds. The lowest BCUT2D eigenvalue weighted by Gasteiger charge is -2.30. The average molecular weight is 399 g/mol. The van der Waals surface area contributed by atoms with Crippen molar-refractivity contribution in [3.05, 3.63) is 35.6 Å². The number of piperidine rings is 1. The van der Waals surface area contributed by atoms with Gasteiger partial charge in [-0.3, -0.25) is 14.5 Å². The van der Waals surface area contributed by atoms with Crippen LogP contribution in [-0.2, 0) is 15.1 Å². The van der Waals surface area contributed by atoms with Crippen molar-refractivity contribution in [2.45, 2.75) is 31.8 Å². The van der Waals surface area contributed by atoms with Crippen molar-refractivity contribution < 1.29 is 18.8 Å². The van der Waals surface area contributed by atoms with Gasteiger partial charge >= 0.3 is 6.03 Å². The van der Waals surface area contributed by atoms with Crippen LogP contribution in [0, 0.1) is 11.7 Å². The van der Waals surface area contributed by atoms with Crippen molar-refractivity contribution in [3.63, 3.8) is 0 Å². The van der Waals surface area contributed by atoms with Crippen molar-refractivity contribution in [2.24, 2.45) is 5.92 Å². The van der Waals surface area contributed by atoms with E-state index in [4.69, 9.17) is 0 Å². The lowest BCUT2D eigenvalue weighted by molar-refractivity contribution is -0.135. The Morgan fingerprint density at radius 2 is 2.00 bits per heavy atom. The van der Waals surface area contributed by atoms with Crippen molar-refractivity contribution in [2.75, 3.05) is 19.6 Å². The van der Waals surface area contributed by atoms with Crippen LogP contribution >= 0.6 is 12.4 Å². The minimum atomic E-state index is -1.31. The van der Waals surface area contributed by atoms with Crippen LogP contribution in [0.4, 0.5) is 9.18 Å². The van der Waals surface area contributed by atoms with Gasteiger partial charge in [0.2, 0.25) is 5.91 Å². The quantitative estimate of drug-likeness (QED) is 0.663. The number of rotatable bonds is 4. The van der Waals surface area contributed by atoms with Gasteiger partial charge in [0.05, 0.1) is 0 Å². The molecule has 2 heterocycles. The average Bonchev–Trinajstić information content (AvgIpc) is 2.82. The van der Waals surface area contributed by atoms with Gasteiger partial charge in [0, 0.05) is 6.04 Å². The van der Waals surface area contributed by atoms with Crippen molar-refractivity contribution in [1.29, 1.82) is 0 Å². The minimum absolute atomic E-state index is 0. The first kappa shape index (κ1) is 21.1. The van der Waals surface area contributed by atoms with Crippen LogP contribution in [0.1, 0.15) is 25.8 Å². The van der Waals surface area contributed by atoms with Gasteiger partial charge < -0.3 is 16.0 Å². The van der Waals surface area contributed by atoms with E-state index in [1.54, 1.807) is 6.92 Å². The van der Waals surface area contributed by atoms with E-state index in [1.165, 1.54) is 24.3 Å². The molecule has 2 aliphatic rings. The molecule has 0 aromatic heterocycles. The highest BCUT2D eigenvalue weighted by atomic mass is 35.5. The monoisotopic (exact) mass is 398 g/mol. The van der Waals surface area contributed by atoms with E-state index in [9.17, 15) is 18.8 Å². The highest BCUT2D eigenvalue weighted by Crippen LogP contribution is 2.28. The number of amides is 4. The van der Waals surface area contributed by atoms with Crippen molar-refractivity contribution in [3.8, 4) is 0 Å². The fraction of sp³-hybridized carbons (Fsp3) is 0.500. The van der Waals surface area contributed by atoms with Crippen LogP contribution in [0.25, 0.3) is 0 Å². The zero-order valence-corrected chi connectivity index (χ0v) is 16.1. The second-order valence-electron chi connectivity index (χ2n) is 7.10. The summed E-state index contributed by atoms with van der Waals surface area (Å²) in [4.78, 5) is 38.3. The van der Waals surface area contributed by atoms with Crippen molar-refractivity contribution >= 4 is 30.3 Å². The predicted molar refractivity (Wildman–Crippen MR) is 99.8 cm³/mol. The van der Waals surface area contributed by atoms with E-state index in [0.717, 1.165) is 24.4 Å². The molecule has 3 N–H and O–H groups in total. The molecule has 0 aliphatic carbocycles. The molecule has 2 aliphatic heterocycles. The molecule has 2 saturated heterocycles. The summed E-state index contributed by atoms with van der Waals surface area (Å²) in [7, 11) is 0. The number of urea groups is 1. The third kappa shape index (κ3) is 4.22. The zero-order valence-electron chi connectivity index (χ0n) is 15.3. The van der Waals surface area contributed by atoms with E-state index in [1.807, 2.05) is 6.92 Å². The number of hydrogen-bond donors (Lipinski definition) is 3. The molecule has 0 saturated carbocycles. The van der Waals surface area contributed by atoms with Crippen molar-refractivity contribution in [1.82, 2.24) is 20.9 Å². The number of carbonyl (C=O) groups excluding carboxylic acids is 3. The lowest BCUT2D eigenvalue weighted by atomic mass is 9.92. The molecular weight excluding hydrogens is 375 g/mol.